The highest BCUT2D eigenvalue weighted by Gasteiger charge is 2.40. The van der Waals surface area contributed by atoms with Crippen molar-refractivity contribution in [1.82, 2.24) is 10.6 Å². The number of carbonyl (C=O) groups excluding carboxylic acids is 1. The first kappa shape index (κ1) is 16.1. The molecule has 2 fully saturated rings. The molecule has 2 amide bonds. The highest BCUT2D eigenvalue weighted by Crippen LogP contribution is 2.27. The molecule has 5 heteroatoms. The fraction of sp³-hybridized carbons (Fsp3) is 0.875. The van der Waals surface area contributed by atoms with Gasteiger partial charge in [0.05, 0.1) is 0 Å². The van der Waals surface area contributed by atoms with Crippen LogP contribution in [0.15, 0.2) is 0 Å². The summed E-state index contributed by atoms with van der Waals surface area (Å²) < 4.78 is 0. The lowest BCUT2D eigenvalue weighted by Crippen LogP contribution is -2.57. The molecule has 5 nitrogen and oxygen atoms in total. The highest BCUT2D eigenvalue weighted by atomic mass is 16.4. The summed E-state index contributed by atoms with van der Waals surface area (Å²) in [6.45, 7) is 0.668. The normalized spacial score (nSPS) is 23.0. The van der Waals surface area contributed by atoms with Crippen LogP contribution in [0.1, 0.15) is 70.6 Å². The van der Waals surface area contributed by atoms with Crippen molar-refractivity contribution in [1.29, 1.82) is 0 Å². The van der Waals surface area contributed by atoms with Gasteiger partial charge in [-0.15, -0.1) is 0 Å². The molecule has 0 aromatic rings. The van der Waals surface area contributed by atoms with E-state index in [1.807, 2.05) is 0 Å². The summed E-state index contributed by atoms with van der Waals surface area (Å²) in [6.07, 6.45) is 11.1. The first-order valence-corrected chi connectivity index (χ1v) is 8.42. The van der Waals surface area contributed by atoms with Crippen molar-refractivity contribution < 1.29 is 14.7 Å². The summed E-state index contributed by atoms with van der Waals surface area (Å²) in [7, 11) is 0. The van der Waals surface area contributed by atoms with Gasteiger partial charge in [0.1, 0.15) is 5.54 Å². The number of nitrogens with one attached hydrogen (secondary N) is 2. The average Bonchev–Trinajstić information content (AvgIpc) is 2.73. The maximum Gasteiger partial charge on any atom is 0.329 e. The molecule has 0 bridgehead atoms. The lowest BCUT2D eigenvalue weighted by molar-refractivity contribution is -0.145. The van der Waals surface area contributed by atoms with E-state index in [-0.39, 0.29) is 6.03 Å². The topological polar surface area (TPSA) is 78.4 Å². The molecular formula is C16H28N2O3. The van der Waals surface area contributed by atoms with Gasteiger partial charge in [0.15, 0.2) is 0 Å². The molecule has 0 aliphatic heterocycles. The Balaban J connectivity index is 1.84. The molecule has 21 heavy (non-hydrogen) atoms. The Morgan fingerprint density at radius 2 is 1.52 bits per heavy atom. The third kappa shape index (κ3) is 4.61. The molecular weight excluding hydrogens is 268 g/mol. The van der Waals surface area contributed by atoms with Gasteiger partial charge in [-0.1, -0.05) is 44.9 Å². The van der Waals surface area contributed by atoms with Crippen molar-refractivity contribution in [3.63, 3.8) is 0 Å². The van der Waals surface area contributed by atoms with E-state index >= 15 is 0 Å². The van der Waals surface area contributed by atoms with Gasteiger partial charge in [0.25, 0.3) is 0 Å². The number of hydrogen-bond donors (Lipinski definition) is 3. The number of carbonyl (C=O) groups is 2. The summed E-state index contributed by atoms with van der Waals surface area (Å²) in [4.78, 5) is 23.7. The molecule has 0 radical (unpaired) electrons. The molecule has 2 aliphatic carbocycles. The maximum atomic E-state index is 12.1. The quantitative estimate of drug-likeness (QED) is 0.698. The Labute approximate surface area is 126 Å². The minimum atomic E-state index is -1.06. The van der Waals surface area contributed by atoms with Crippen molar-refractivity contribution in [2.45, 2.75) is 76.2 Å². The van der Waals surface area contributed by atoms with Crippen LogP contribution in [-0.4, -0.2) is 29.2 Å². The minimum absolute atomic E-state index is 0.315. The zero-order valence-corrected chi connectivity index (χ0v) is 12.8. The smallest absolute Gasteiger partial charge is 0.329 e. The number of amides is 2. The van der Waals surface area contributed by atoms with Crippen molar-refractivity contribution in [3.8, 4) is 0 Å². The van der Waals surface area contributed by atoms with E-state index in [1.54, 1.807) is 0 Å². The Kier molecular flexibility index (Phi) is 5.88. The summed E-state index contributed by atoms with van der Waals surface area (Å²) in [5.41, 5.74) is -1.06. The fourth-order valence-corrected chi connectivity index (χ4v) is 3.61. The van der Waals surface area contributed by atoms with E-state index in [9.17, 15) is 14.7 Å². The summed E-state index contributed by atoms with van der Waals surface area (Å²) in [5.74, 6) is -0.336. The van der Waals surface area contributed by atoms with Crippen LogP contribution >= 0.6 is 0 Å². The second kappa shape index (κ2) is 7.66. The SMILES string of the molecule is O=C(NCC1CCCCC1)NC1(C(=O)O)CCCCCC1. The Hall–Kier alpha value is -1.26. The van der Waals surface area contributed by atoms with Gasteiger partial charge in [0.2, 0.25) is 0 Å². The maximum absolute atomic E-state index is 12.1. The van der Waals surface area contributed by atoms with Crippen LogP contribution in [0.3, 0.4) is 0 Å². The van der Waals surface area contributed by atoms with Crippen LogP contribution in [-0.2, 0) is 4.79 Å². The van der Waals surface area contributed by atoms with Crippen molar-refractivity contribution in [3.05, 3.63) is 0 Å². The molecule has 0 unspecified atom stereocenters. The predicted octanol–water partition coefficient (Wildman–Crippen LogP) is 3.04. The van der Waals surface area contributed by atoms with E-state index in [2.05, 4.69) is 10.6 Å². The summed E-state index contributed by atoms with van der Waals surface area (Å²) in [6, 6.07) is -0.315. The fourth-order valence-electron chi connectivity index (χ4n) is 3.61. The van der Waals surface area contributed by atoms with Crippen molar-refractivity contribution in [2.75, 3.05) is 6.54 Å². The second-order valence-corrected chi connectivity index (χ2v) is 6.64. The molecule has 2 saturated carbocycles. The van der Waals surface area contributed by atoms with E-state index in [4.69, 9.17) is 0 Å². The van der Waals surface area contributed by atoms with Gasteiger partial charge in [0, 0.05) is 6.54 Å². The number of carboxylic acids is 1. The molecule has 3 N–H and O–H groups in total. The molecule has 120 valence electrons. The molecule has 0 aromatic heterocycles. The Morgan fingerprint density at radius 1 is 0.952 bits per heavy atom. The highest BCUT2D eigenvalue weighted by molar-refractivity contribution is 5.86. The van der Waals surface area contributed by atoms with Crippen molar-refractivity contribution >= 4 is 12.0 Å². The van der Waals surface area contributed by atoms with E-state index < -0.39 is 11.5 Å². The molecule has 0 aromatic carbocycles. The standard InChI is InChI=1S/C16H28N2O3/c19-14(20)16(10-6-1-2-7-11-16)18-15(21)17-12-13-8-4-3-5-9-13/h13H,1-12H2,(H,19,20)(H2,17,18,21). The lowest BCUT2D eigenvalue weighted by atomic mass is 9.89. The molecule has 0 atom stereocenters. The third-order valence-corrected chi connectivity index (χ3v) is 5.00. The van der Waals surface area contributed by atoms with E-state index in [1.165, 1.54) is 32.1 Å². The molecule has 0 heterocycles. The number of urea groups is 1. The first-order valence-electron chi connectivity index (χ1n) is 8.42. The van der Waals surface area contributed by atoms with Crippen molar-refractivity contribution in [2.24, 2.45) is 5.92 Å². The van der Waals surface area contributed by atoms with Crippen LogP contribution in [0, 0.1) is 5.92 Å². The minimum Gasteiger partial charge on any atom is -0.480 e. The van der Waals surface area contributed by atoms with Crippen LogP contribution < -0.4 is 10.6 Å². The van der Waals surface area contributed by atoms with Gasteiger partial charge in [-0.05, 0) is 31.6 Å². The zero-order chi connectivity index (χ0) is 15.1. The van der Waals surface area contributed by atoms with Gasteiger partial charge >= 0.3 is 12.0 Å². The predicted molar refractivity (Wildman–Crippen MR) is 81.2 cm³/mol. The largest absolute Gasteiger partial charge is 0.480 e. The van der Waals surface area contributed by atoms with Gasteiger partial charge in [-0.25, -0.2) is 9.59 Å². The summed E-state index contributed by atoms with van der Waals surface area (Å²) >= 11 is 0. The Bertz CT molecular complexity index is 357. The summed E-state index contributed by atoms with van der Waals surface area (Å²) in [5, 5.41) is 15.2. The van der Waals surface area contributed by atoms with E-state index in [0.29, 0.717) is 25.3 Å². The van der Waals surface area contributed by atoms with Gasteiger partial charge in [-0.2, -0.15) is 0 Å². The second-order valence-electron chi connectivity index (χ2n) is 6.64. The average molecular weight is 296 g/mol. The van der Waals surface area contributed by atoms with Gasteiger partial charge in [-0.3, -0.25) is 0 Å². The number of rotatable bonds is 4. The monoisotopic (exact) mass is 296 g/mol. The number of hydrogen-bond acceptors (Lipinski definition) is 2. The first-order chi connectivity index (χ1) is 10.1. The van der Waals surface area contributed by atoms with Crippen LogP contribution in [0.4, 0.5) is 4.79 Å². The van der Waals surface area contributed by atoms with Crippen LogP contribution in [0.2, 0.25) is 0 Å². The van der Waals surface area contributed by atoms with Crippen LogP contribution in [0.25, 0.3) is 0 Å². The number of carboxylic acid groups (broad SMARTS) is 1. The molecule has 0 saturated heterocycles. The lowest BCUT2D eigenvalue weighted by Gasteiger charge is -2.30. The Morgan fingerprint density at radius 3 is 2.10 bits per heavy atom. The molecule has 0 spiro atoms. The van der Waals surface area contributed by atoms with E-state index in [0.717, 1.165) is 25.7 Å². The zero-order valence-electron chi connectivity index (χ0n) is 12.8. The van der Waals surface area contributed by atoms with Crippen LogP contribution in [0.5, 0.6) is 0 Å². The third-order valence-electron chi connectivity index (χ3n) is 5.00. The number of aliphatic carboxylic acids is 1. The molecule has 2 rings (SSSR count). The van der Waals surface area contributed by atoms with Gasteiger partial charge < -0.3 is 15.7 Å². The molecule has 2 aliphatic rings.